The Morgan fingerprint density at radius 2 is 0.431 bits per heavy atom. The number of benzene rings is 6. The average molecular weight is 962 g/mol. The van der Waals surface area contributed by atoms with Crippen LogP contribution in [0.3, 0.4) is 0 Å². The summed E-state index contributed by atoms with van der Waals surface area (Å²) in [6.45, 7) is 66.3. The fourth-order valence-electron chi connectivity index (χ4n) is 11.8. The second-order valence-corrected chi connectivity index (χ2v) is 30.1. The van der Waals surface area contributed by atoms with Crippen LogP contribution in [0.4, 0.5) is 0 Å². The van der Waals surface area contributed by atoms with Crippen LogP contribution in [0.2, 0.25) is 0 Å². The van der Waals surface area contributed by atoms with Gasteiger partial charge in [0, 0.05) is 0 Å². The molecule has 0 aromatic heterocycles. The molecular formula is C72H96. The third-order valence-electron chi connectivity index (χ3n) is 15.3. The Morgan fingerprint density at radius 1 is 0.236 bits per heavy atom. The standard InChI is InChI=1S/C72H96/c1-43-35-51(59(69(17,18)19)39-55(43)65(5,6)7)49-33-29-31-47(63(49)53-37-45(3)57(67(11,12)13)41-61(53)71(23,24)25)48-32-30-34-50(52-36-44(2)56(66(8,9)10)40-60(52)70(20,21)22)64(48)54-38-46(4)58(68(14,15)16)42-62(54)72(26,27)28/h29-32,35-42H,1-28H3. The molecule has 0 bridgehead atoms. The van der Waals surface area contributed by atoms with Crippen LogP contribution in [0.5, 0.6) is 0 Å². The molecule has 6 aromatic rings. The first-order chi connectivity index (χ1) is 32.5. The molecule has 0 heterocycles. The highest BCUT2D eigenvalue weighted by Gasteiger charge is 2.34. The Labute approximate surface area is 442 Å². The Bertz CT molecular complexity index is 2810. The first kappa shape index (κ1) is 56.6. The van der Waals surface area contributed by atoms with E-state index in [0.29, 0.717) is 0 Å². The van der Waals surface area contributed by atoms with Crippen molar-refractivity contribution in [1.82, 2.24) is 0 Å². The van der Waals surface area contributed by atoms with E-state index in [0.717, 1.165) is 11.1 Å². The maximum absolute atomic E-state index is 4.03. The molecule has 0 N–H and O–H groups in total. The summed E-state index contributed by atoms with van der Waals surface area (Å²) in [6, 6.07) is 37.5. The van der Waals surface area contributed by atoms with Crippen molar-refractivity contribution in [2.75, 3.05) is 0 Å². The first-order valence-electron chi connectivity index (χ1n) is 27.2. The van der Waals surface area contributed by atoms with Gasteiger partial charge in [-0.1, -0.05) is 239 Å². The number of rotatable bonds is 5. The van der Waals surface area contributed by atoms with Crippen LogP contribution in [0.25, 0.3) is 55.6 Å². The molecule has 384 valence electrons. The van der Waals surface area contributed by atoms with Crippen molar-refractivity contribution in [2.45, 2.75) is 237 Å². The molecule has 0 atom stereocenters. The molecular weight excluding hydrogens is 865 g/mol. The van der Waals surface area contributed by atoms with Gasteiger partial charge in [0.05, 0.1) is 0 Å². The summed E-state index contributed by atoms with van der Waals surface area (Å²) < 4.78 is 0. The fraction of sp³-hybridized carbons (Fsp3) is 0.500. The quantitative estimate of drug-likeness (QED) is 0.162. The van der Waals surface area contributed by atoms with Gasteiger partial charge in [0.25, 0.3) is 0 Å². The van der Waals surface area contributed by atoms with Gasteiger partial charge in [-0.2, -0.15) is 0 Å². The van der Waals surface area contributed by atoms with Crippen molar-refractivity contribution in [1.29, 1.82) is 0 Å². The molecule has 0 aliphatic carbocycles. The van der Waals surface area contributed by atoms with Gasteiger partial charge in [0.2, 0.25) is 0 Å². The lowest BCUT2D eigenvalue weighted by Gasteiger charge is -2.34. The molecule has 0 unspecified atom stereocenters. The van der Waals surface area contributed by atoms with E-state index in [4.69, 9.17) is 0 Å². The van der Waals surface area contributed by atoms with E-state index in [1.165, 1.54) is 111 Å². The predicted octanol–water partition coefficient (Wildman–Crippen LogP) is 21.2. The Kier molecular flexibility index (Phi) is 14.6. The molecule has 0 heteroatoms. The third-order valence-corrected chi connectivity index (χ3v) is 15.3. The van der Waals surface area contributed by atoms with Gasteiger partial charge in [-0.15, -0.1) is 0 Å². The van der Waals surface area contributed by atoms with Crippen molar-refractivity contribution in [3.05, 3.63) is 152 Å². The van der Waals surface area contributed by atoms with Gasteiger partial charge in [0.15, 0.2) is 0 Å². The summed E-state index contributed by atoms with van der Waals surface area (Å²) >= 11 is 0. The van der Waals surface area contributed by atoms with Crippen molar-refractivity contribution in [3.8, 4) is 55.6 Å². The molecule has 6 aromatic carbocycles. The minimum atomic E-state index is -0.169. The molecule has 0 fully saturated rings. The Morgan fingerprint density at radius 3 is 0.639 bits per heavy atom. The molecule has 72 heavy (non-hydrogen) atoms. The number of aryl methyl sites for hydroxylation is 4. The van der Waals surface area contributed by atoms with E-state index < -0.39 is 0 Å². The van der Waals surface area contributed by atoms with Crippen LogP contribution in [0.15, 0.2) is 72.8 Å². The maximum Gasteiger partial charge on any atom is -0.00172 e. The van der Waals surface area contributed by atoms with Gasteiger partial charge in [0.1, 0.15) is 0 Å². The van der Waals surface area contributed by atoms with Gasteiger partial charge in [-0.25, -0.2) is 0 Å². The zero-order valence-corrected chi connectivity index (χ0v) is 50.9. The topological polar surface area (TPSA) is 0 Å². The smallest absolute Gasteiger partial charge is 0.00172 e. The van der Waals surface area contributed by atoms with Crippen LogP contribution >= 0.6 is 0 Å². The van der Waals surface area contributed by atoms with Crippen LogP contribution < -0.4 is 0 Å². The second-order valence-electron chi connectivity index (χ2n) is 30.1. The molecule has 0 aliphatic rings. The van der Waals surface area contributed by atoms with Crippen molar-refractivity contribution < 1.29 is 0 Å². The number of hydrogen-bond donors (Lipinski definition) is 0. The van der Waals surface area contributed by atoms with Crippen molar-refractivity contribution >= 4 is 0 Å². The molecule has 6 rings (SSSR count). The second kappa shape index (κ2) is 18.6. The van der Waals surface area contributed by atoms with Crippen molar-refractivity contribution in [2.24, 2.45) is 0 Å². The summed E-state index contributed by atoms with van der Waals surface area (Å²) in [7, 11) is 0. The molecule has 0 amide bonds. The largest absolute Gasteiger partial charge is 0.0561 e. The van der Waals surface area contributed by atoms with Crippen LogP contribution in [-0.2, 0) is 43.3 Å². The third kappa shape index (κ3) is 11.2. The van der Waals surface area contributed by atoms with Gasteiger partial charge < -0.3 is 0 Å². The molecule has 0 saturated carbocycles. The molecule has 0 saturated heterocycles. The van der Waals surface area contributed by atoms with Crippen molar-refractivity contribution in [3.63, 3.8) is 0 Å². The highest BCUT2D eigenvalue weighted by molar-refractivity contribution is 6.04. The summed E-state index contributed by atoms with van der Waals surface area (Å²) in [5.41, 5.74) is 27.9. The minimum Gasteiger partial charge on any atom is -0.0561 e. The predicted molar refractivity (Wildman–Crippen MR) is 320 cm³/mol. The van der Waals surface area contributed by atoms with Gasteiger partial charge in [-0.05, 0) is 206 Å². The lowest BCUT2D eigenvalue weighted by Crippen LogP contribution is -2.20. The first-order valence-corrected chi connectivity index (χ1v) is 27.2. The summed E-state index contributed by atoms with van der Waals surface area (Å²) in [5, 5.41) is 0. The Hall–Kier alpha value is -4.68. The molecule has 0 nitrogen and oxygen atoms in total. The van der Waals surface area contributed by atoms with E-state index in [9.17, 15) is 0 Å². The van der Waals surface area contributed by atoms with Gasteiger partial charge in [-0.3, -0.25) is 0 Å². The van der Waals surface area contributed by atoms with E-state index in [1.54, 1.807) is 0 Å². The fourth-order valence-corrected chi connectivity index (χ4v) is 11.8. The van der Waals surface area contributed by atoms with Crippen LogP contribution in [0.1, 0.15) is 233 Å². The van der Waals surface area contributed by atoms with E-state index >= 15 is 0 Å². The molecule has 2 radical (unpaired) electrons. The van der Waals surface area contributed by atoms with E-state index in [-0.39, 0.29) is 43.3 Å². The summed E-state index contributed by atoms with van der Waals surface area (Å²) in [5.74, 6) is 0. The zero-order valence-electron chi connectivity index (χ0n) is 50.9. The van der Waals surface area contributed by atoms with Crippen LogP contribution in [-0.4, -0.2) is 0 Å². The monoisotopic (exact) mass is 961 g/mol. The SMILES string of the molecule is Cc1cc(-c2[c]ccc(-c3cc[c]c(-c4cc(C)c(C(C)(C)C)cc4C(C)(C)C)c3-c3cc(C)c(C(C)(C)C)cc3C(C)(C)C)c2-c2cc(C)c(C(C)(C)C)cc2C(C)(C)C)c(C(C)(C)C)cc1C(C)(C)C. The maximum atomic E-state index is 4.03. The molecule has 0 spiro atoms. The Balaban J connectivity index is 2.00. The average Bonchev–Trinajstić information content (AvgIpc) is 3.19. The molecule has 0 aliphatic heterocycles. The number of hydrogen-bond acceptors (Lipinski definition) is 0. The highest BCUT2D eigenvalue weighted by Crippen LogP contribution is 2.54. The lowest BCUT2D eigenvalue weighted by molar-refractivity contribution is 0.566. The van der Waals surface area contributed by atoms with Crippen LogP contribution in [0, 0.1) is 39.8 Å². The van der Waals surface area contributed by atoms with E-state index in [2.05, 4.69) is 279 Å². The minimum absolute atomic E-state index is 0.0110. The highest BCUT2D eigenvalue weighted by atomic mass is 14.4. The zero-order chi connectivity index (χ0) is 54.6. The lowest BCUT2D eigenvalue weighted by atomic mass is 9.70. The summed E-state index contributed by atoms with van der Waals surface area (Å²) in [6.07, 6.45) is 0. The summed E-state index contributed by atoms with van der Waals surface area (Å²) in [4.78, 5) is 0. The van der Waals surface area contributed by atoms with E-state index in [1.807, 2.05) is 0 Å². The normalized spacial score (nSPS) is 13.6. The van der Waals surface area contributed by atoms with Gasteiger partial charge >= 0.3 is 0 Å².